The van der Waals surface area contributed by atoms with Gasteiger partial charge in [0, 0.05) is 12.8 Å². The molecule has 0 aromatic carbocycles. The summed E-state index contributed by atoms with van der Waals surface area (Å²) in [6, 6.07) is 1.93. The van der Waals surface area contributed by atoms with Crippen molar-refractivity contribution in [3.63, 3.8) is 0 Å². The molecule has 17 heavy (non-hydrogen) atoms. The van der Waals surface area contributed by atoms with Gasteiger partial charge in [-0.2, -0.15) is 4.98 Å². The molecule has 0 aliphatic heterocycles. The molecule has 0 aliphatic rings. The zero-order valence-electron chi connectivity index (χ0n) is 10.2. The molecular formula is C12H17N3O2. The van der Waals surface area contributed by atoms with Crippen molar-refractivity contribution in [1.82, 2.24) is 14.5 Å². The fraction of sp³-hybridized carbons (Fsp3) is 0.500. The van der Waals surface area contributed by atoms with Gasteiger partial charge >= 0.3 is 0 Å². The van der Waals surface area contributed by atoms with Crippen molar-refractivity contribution in [2.24, 2.45) is 0 Å². The molecule has 0 amide bonds. The SMILES string of the molecule is CCCCOCn1ccc2ncnc(OC)c21. The molecule has 0 N–H and O–H groups in total. The van der Waals surface area contributed by atoms with Gasteiger partial charge in [0.05, 0.1) is 12.6 Å². The van der Waals surface area contributed by atoms with Gasteiger partial charge in [-0.3, -0.25) is 0 Å². The highest BCUT2D eigenvalue weighted by molar-refractivity contribution is 5.80. The molecule has 0 atom stereocenters. The van der Waals surface area contributed by atoms with Crippen LogP contribution >= 0.6 is 0 Å². The summed E-state index contributed by atoms with van der Waals surface area (Å²) in [5.74, 6) is 0.582. The van der Waals surface area contributed by atoms with Crippen LogP contribution in [0.4, 0.5) is 0 Å². The number of rotatable bonds is 6. The maximum atomic E-state index is 5.58. The lowest BCUT2D eigenvalue weighted by Gasteiger charge is -2.08. The normalized spacial score (nSPS) is 10.9. The lowest BCUT2D eigenvalue weighted by molar-refractivity contribution is 0.0774. The highest BCUT2D eigenvalue weighted by Gasteiger charge is 2.08. The summed E-state index contributed by atoms with van der Waals surface area (Å²) < 4.78 is 12.8. The second-order valence-corrected chi connectivity index (χ2v) is 3.79. The van der Waals surface area contributed by atoms with Crippen LogP contribution in [0.5, 0.6) is 5.88 Å². The molecule has 92 valence electrons. The first-order valence-corrected chi connectivity index (χ1v) is 5.78. The second-order valence-electron chi connectivity index (χ2n) is 3.79. The van der Waals surface area contributed by atoms with E-state index in [4.69, 9.17) is 9.47 Å². The largest absolute Gasteiger partial charge is 0.479 e. The number of unbranched alkanes of at least 4 members (excludes halogenated alkanes) is 1. The standard InChI is InChI=1S/C12H17N3O2/c1-3-4-7-17-9-15-6-5-10-11(15)12(16-2)14-8-13-10/h5-6,8H,3-4,7,9H2,1-2H3. The van der Waals surface area contributed by atoms with Crippen molar-refractivity contribution >= 4 is 11.0 Å². The molecule has 5 nitrogen and oxygen atoms in total. The summed E-state index contributed by atoms with van der Waals surface area (Å²) in [7, 11) is 1.61. The van der Waals surface area contributed by atoms with Crippen LogP contribution < -0.4 is 4.74 Å². The van der Waals surface area contributed by atoms with Crippen LogP contribution in [0.25, 0.3) is 11.0 Å². The number of fused-ring (bicyclic) bond motifs is 1. The highest BCUT2D eigenvalue weighted by Crippen LogP contribution is 2.21. The van der Waals surface area contributed by atoms with Gasteiger partial charge in [-0.05, 0) is 12.5 Å². The Kier molecular flexibility index (Phi) is 3.93. The van der Waals surface area contributed by atoms with E-state index in [2.05, 4.69) is 16.9 Å². The first-order chi connectivity index (χ1) is 8.36. The van der Waals surface area contributed by atoms with Gasteiger partial charge in [-0.15, -0.1) is 0 Å². The van der Waals surface area contributed by atoms with Crippen molar-refractivity contribution in [3.8, 4) is 5.88 Å². The Bertz CT molecular complexity index is 482. The van der Waals surface area contributed by atoms with Gasteiger partial charge in [0.15, 0.2) is 0 Å². The van der Waals surface area contributed by atoms with Crippen LogP contribution in [-0.2, 0) is 11.5 Å². The molecule has 0 aliphatic carbocycles. The van der Waals surface area contributed by atoms with E-state index in [1.807, 2.05) is 16.8 Å². The predicted octanol–water partition coefficient (Wildman–Crippen LogP) is 2.21. The molecule has 0 saturated heterocycles. The zero-order chi connectivity index (χ0) is 12.1. The van der Waals surface area contributed by atoms with Crippen molar-refractivity contribution < 1.29 is 9.47 Å². The number of hydrogen-bond acceptors (Lipinski definition) is 4. The predicted molar refractivity (Wildman–Crippen MR) is 64.9 cm³/mol. The third-order valence-corrected chi connectivity index (χ3v) is 2.58. The van der Waals surface area contributed by atoms with Gasteiger partial charge < -0.3 is 14.0 Å². The van der Waals surface area contributed by atoms with E-state index in [1.54, 1.807) is 7.11 Å². The molecule has 5 heteroatoms. The van der Waals surface area contributed by atoms with E-state index in [9.17, 15) is 0 Å². The lowest BCUT2D eigenvalue weighted by atomic mass is 10.4. The van der Waals surface area contributed by atoms with Crippen molar-refractivity contribution in [2.75, 3.05) is 13.7 Å². The number of ether oxygens (including phenoxy) is 2. The fourth-order valence-corrected chi connectivity index (χ4v) is 1.67. The second kappa shape index (κ2) is 5.63. The van der Waals surface area contributed by atoms with Gasteiger partial charge in [-0.1, -0.05) is 13.3 Å². The summed E-state index contributed by atoms with van der Waals surface area (Å²) in [6.45, 7) is 3.42. The summed E-state index contributed by atoms with van der Waals surface area (Å²) in [6.07, 6.45) is 5.66. The molecule has 2 heterocycles. The summed E-state index contributed by atoms with van der Waals surface area (Å²) >= 11 is 0. The van der Waals surface area contributed by atoms with Crippen molar-refractivity contribution in [2.45, 2.75) is 26.5 Å². The Morgan fingerprint density at radius 3 is 3.00 bits per heavy atom. The van der Waals surface area contributed by atoms with Crippen LogP contribution in [0, 0.1) is 0 Å². The maximum Gasteiger partial charge on any atom is 0.241 e. The van der Waals surface area contributed by atoms with Crippen LogP contribution in [0.15, 0.2) is 18.6 Å². The summed E-state index contributed by atoms with van der Waals surface area (Å²) in [5, 5.41) is 0. The lowest BCUT2D eigenvalue weighted by Crippen LogP contribution is -2.04. The summed E-state index contributed by atoms with van der Waals surface area (Å²) in [4.78, 5) is 8.28. The van der Waals surface area contributed by atoms with E-state index >= 15 is 0 Å². The van der Waals surface area contributed by atoms with E-state index in [0.717, 1.165) is 30.5 Å². The molecule has 0 unspecified atom stereocenters. The van der Waals surface area contributed by atoms with Crippen LogP contribution in [0.1, 0.15) is 19.8 Å². The first-order valence-electron chi connectivity index (χ1n) is 5.78. The number of nitrogens with zero attached hydrogens (tertiary/aromatic N) is 3. The first kappa shape index (κ1) is 11.9. The van der Waals surface area contributed by atoms with Crippen molar-refractivity contribution in [1.29, 1.82) is 0 Å². The minimum atomic E-state index is 0.507. The van der Waals surface area contributed by atoms with Crippen molar-refractivity contribution in [3.05, 3.63) is 18.6 Å². The maximum absolute atomic E-state index is 5.58. The molecule has 0 fully saturated rings. The molecular weight excluding hydrogens is 218 g/mol. The minimum absolute atomic E-state index is 0.507. The Balaban J connectivity index is 2.16. The van der Waals surface area contributed by atoms with Gasteiger partial charge in [0.1, 0.15) is 18.6 Å². The quantitative estimate of drug-likeness (QED) is 0.720. The van der Waals surface area contributed by atoms with E-state index in [0.29, 0.717) is 12.6 Å². The Morgan fingerprint density at radius 1 is 1.35 bits per heavy atom. The number of methoxy groups -OCH3 is 1. The average molecular weight is 235 g/mol. The number of hydrogen-bond donors (Lipinski definition) is 0. The topological polar surface area (TPSA) is 49.2 Å². The van der Waals surface area contributed by atoms with E-state index in [-0.39, 0.29) is 0 Å². The third kappa shape index (κ3) is 2.55. The molecule has 0 bridgehead atoms. The minimum Gasteiger partial charge on any atom is -0.479 e. The van der Waals surface area contributed by atoms with Gasteiger partial charge in [0.2, 0.25) is 5.88 Å². The molecule has 2 rings (SSSR count). The van der Waals surface area contributed by atoms with Crippen LogP contribution in [-0.4, -0.2) is 28.3 Å². The Morgan fingerprint density at radius 2 is 2.24 bits per heavy atom. The number of aromatic nitrogens is 3. The fourth-order valence-electron chi connectivity index (χ4n) is 1.67. The average Bonchev–Trinajstić information content (AvgIpc) is 2.78. The molecule has 0 saturated carbocycles. The Hall–Kier alpha value is -1.62. The van der Waals surface area contributed by atoms with Crippen LogP contribution in [0.3, 0.4) is 0 Å². The monoisotopic (exact) mass is 235 g/mol. The zero-order valence-corrected chi connectivity index (χ0v) is 10.2. The Labute approximate surface area is 100 Å². The van der Waals surface area contributed by atoms with Crippen LogP contribution in [0.2, 0.25) is 0 Å². The smallest absolute Gasteiger partial charge is 0.241 e. The molecule has 0 spiro atoms. The highest BCUT2D eigenvalue weighted by atomic mass is 16.5. The molecule has 2 aromatic rings. The van der Waals surface area contributed by atoms with Gasteiger partial charge in [-0.25, -0.2) is 4.98 Å². The van der Waals surface area contributed by atoms with E-state index < -0.39 is 0 Å². The molecule has 0 radical (unpaired) electrons. The summed E-state index contributed by atoms with van der Waals surface area (Å²) in [5.41, 5.74) is 1.75. The third-order valence-electron chi connectivity index (χ3n) is 2.58. The van der Waals surface area contributed by atoms with E-state index in [1.165, 1.54) is 6.33 Å². The van der Waals surface area contributed by atoms with Gasteiger partial charge in [0.25, 0.3) is 0 Å². The molecule has 2 aromatic heterocycles.